The number of likely N-dealkylation sites (tertiary alicyclic amines) is 1. The molecule has 0 saturated carbocycles. The van der Waals surface area contributed by atoms with Crippen molar-refractivity contribution in [2.75, 3.05) is 13.1 Å². The van der Waals surface area contributed by atoms with Crippen LogP contribution in [0.3, 0.4) is 0 Å². The molecule has 4 aromatic rings. The lowest BCUT2D eigenvalue weighted by atomic mass is 10.1. The van der Waals surface area contributed by atoms with E-state index >= 15 is 0 Å². The zero-order valence-electron chi connectivity index (χ0n) is 15.3. The average molecular weight is 389 g/mol. The van der Waals surface area contributed by atoms with Crippen molar-refractivity contribution in [1.29, 1.82) is 0 Å². The molecule has 5 heterocycles. The molecule has 1 amide bonds. The van der Waals surface area contributed by atoms with Crippen LogP contribution in [0.15, 0.2) is 54.4 Å². The quantitative estimate of drug-likeness (QED) is 0.528. The lowest BCUT2D eigenvalue weighted by Crippen LogP contribution is -2.35. The summed E-state index contributed by atoms with van der Waals surface area (Å²) in [4.78, 5) is 28.3. The summed E-state index contributed by atoms with van der Waals surface area (Å²) >= 11 is 1.53. The first-order chi connectivity index (χ1) is 13.8. The summed E-state index contributed by atoms with van der Waals surface area (Å²) in [5, 5.41) is 2.83. The lowest BCUT2D eigenvalue weighted by molar-refractivity contribution is 0.0726. The Morgan fingerprint density at radius 2 is 1.96 bits per heavy atom. The molecule has 0 aromatic carbocycles. The summed E-state index contributed by atoms with van der Waals surface area (Å²) in [5.74, 6) is 0.110. The summed E-state index contributed by atoms with van der Waals surface area (Å²) in [6.07, 6.45) is 10.4. The minimum atomic E-state index is 0.110. The van der Waals surface area contributed by atoms with Crippen LogP contribution in [-0.2, 0) is 0 Å². The molecule has 1 aliphatic heterocycles. The summed E-state index contributed by atoms with van der Waals surface area (Å²) in [7, 11) is 0. The molecule has 0 atom stereocenters. The van der Waals surface area contributed by atoms with Gasteiger partial charge in [-0.25, -0.2) is 4.98 Å². The molecule has 0 radical (unpaired) electrons. The molecule has 0 spiro atoms. The number of amides is 1. The van der Waals surface area contributed by atoms with Gasteiger partial charge >= 0.3 is 0 Å². The standard InChI is InChI=1S/C21H19N5OS/c27-21(25-9-3-1-4-10-25)15-12-19(26-11-5-2-6-18(15)26)17-14-28-20(24-17)16-13-22-7-8-23-16/h2,5-8,11-14H,1,3-4,9-10H2. The van der Waals surface area contributed by atoms with Crippen molar-refractivity contribution in [2.45, 2.75) is 19.3 Å². The number of rotatable bonds is 3. The molecule has 7 heteroatoms. The minimum absolute atomic E-state index is 0.110. The molecule has 1 fully saturated rings. The summed E-state index contributed by atoms with van der Waals surface area (Å²) in [6.45, 7) is 1.68. The molecule has 0 unspecified atom stereocenters. The van der Waals surface area contributed by atoms with Gasteiger partial charge in [0.15, 0.2) is 0 Å². The molecule has 6 nitrogen and oxygen atoms in total. The van der Waals surface area contributed by atoms with Crippen LogP contribution in [0.25, 0.3) is 27.6 Å². The zero-order valence-corrected chi connectivity index (χ0v) is 16.1. The number of hydrogen-bond acceptors (Lipinski definition) is 5. The monoisotopic (exact) mass is 389 g/mol. The van der Waals surface area contributed by atoms with Gasteiger partial charge in [-0.3, -0.25) is 14.8 Å². The minimum Gasteiger partial charge on any atom is -0.339 e. The number of hydrogen-bond donors (Lipinski definition) is 0. The van der Waals surface area contributed by atoms with Crippen LogP contribution in [-0.4, -0.2) is 43.2 Å². The van der Waals surface area contributed by atoms with E-state index in [0.717, 1.165) is 59.1 Å². The second-order valence-electron chi connectivity index (χ2n) is 6.88. The number of pyridine rings is 1. The molecular formula is C21H19N5OS. The van der Waals surface area contributed by atoms with Crippen LogP contribution < -0.4 is 0 Å². The van der Waals surface area contributed by atoms with E-state index in [9.17, 15) is 4.79 Å². The van der Waals surface area contributed by atoms with Gasteiger partial charge in [-0.2, -0.15) is 0 Å². The van der Waals surface area contributed by atoms with Crippen molar-refractivity contribution in [2.24, 2.45) is 0 Å². The maximum absolute atomic E-state index is 13.2. The Hall–Kier alpha value is -3.06. The third-order valence-electron chi connectivity index (χ3n) is 5.10. The highest BCUT2D eigenvalue weighted by molar-refractivity contribution is 7.13. The Morgan fingerprint density at radius 1 is 1.07 bits per heavy atom. The normalized spacial score (nSPS) is 14.5. The Kier molecular flexibility index (Phi) is 4.37. The molecule has 0 N–H and O–H groups in total. The molecular weight excluding hydrogens is 370 g/mol. The number of aromatic nitrogens is 4. The van der Waals surface area contributed by atoms with Crippen molar-refractivity contribution in [3.8, 4) is 22.1 Å². The molecule has 4 aromatic heterocycles. The topological polar surface area (TPSA) is 63.4 Å². The number of thiazole rings is 1. The SMILES string of the molecule is O=C(c1cc(-c2csc(-c3cnccn3)n2)n2ccccc12)N1CCCCC1. The number of fused-ring (bicyclic) bond motifs is 1. The first-order valence-corrected chi connectivity index (χ1v) is 10.3. The molecule has 140 valence electrons. The fourth-order valence-electron chi connectivity index (χ4n) is 3.71. The molecule has 0 bridgehead atoms. The van der Waals surface area contributed by atoms with E-state index < -0.39 is 0 Å². The van der Waals surface area contributed by atoms with E-state index in [-0.39, 0.29) is 5.91 Å². The Morgan fingerprint density at radius 3 is 2.79 bits per heavy atom. The van der Waals surface area contributed by atoms with Crippen LogP contribution >= 0.6 is 11.3 Å². The second kappa shape index (κ2) is 7.16. The van der Waals surface area contributed by atoms with Gasteiger partial charge in [0.1, 0.15) is 10.7 Å². The Balaban J connectivity index is 1.57. The van der Waals surface area contributed by atoms with Gasteiger partial charge in [-0.05, 0) is 37.5 Å². The number of nitrogens with zero attached hydrogens (tertiary/aromatic N) is 5. The van der Waals surface area contributed by atoms with Gasteiger partial charge in [-0.1, -0.05) is 6.07 Å². The largest absolute Gasteiger partial charge is 0.339 e. The summed E-state index contributed by atoms with van der Waals surface area (Å²) in [6, 6.07) is 7.91. The van der Waals surface area contributed by atoms with Crippen molar-refractivity contribution in [1.82, 2.24) is 24.3 Å². The van der Waals surface area contributed by atoms with Gasteiger partial charge in [0.2, 0.25) is 0 Å². The highest BCUT2D eigenvalue weighted by Gasteiger charge is 2.23. The van der Waals surface area contributed by atoms with Crippen molar-refractivity contribution >= 4 is 22.8 Å². The lowest BCUT2D eigenvalue weighted by Gasteiger charge is -2.26. The molecule has 0 aliphatic carbocycles. The molecule has 28 heavy (non-hydrogen) atoms. The summed E-state index contributed by atoms with van der Waals surface area (Å²) < 4.78 is 2.05. The molecule has 5 rings (SSSR count). The van der Waals surface area contributed by atoms with Crippen LogP contribution in [0.2, 0.25) is 0 Å². The fraction of sp³-hybridized carbons (Fsp3) is 0.238. The Labute approximate surface area is 166 Å². The van der Waals surface area contributed by atoms with Gasteiger partial charge in [-0.15, -0.1) is 11.3 Å². The third kappa shape index (κ3) is 2.97. The fourth-order valence-corrected chi connectivity index (χ4v) is 4.48. The van der Waals surface area contributed by atoms with Gasteiger partial charge in [0, 0.05) is 37.1 Å². The first kappa shape index (κ1) is 17.1. The summed E-state index contributed by atoms with van der Waals surface area (Å²) in [5.41, 5.74) is 4.17. The second-order valence-corrected chi connectivity index (χ2v) is 7.74. The van der Waals surface area contributed by atoms with Gasteiger partial charge in [0.25, 0.3) is 5.91 Å². The van der Waals surface area contributed by atoms with Gasteiger partial charge < -0.3 is 9.30 Å². The predicted molar refractivity (Wildman–Crippen MR) is 109 cm³/mol. The molecule has 1 aliphatic rings. The van der Waals surface area contributed by atoms with Crippen molar-refractivity contribution in [3.63, 3.8) is 0 Å². The Bertz CT molecular complexity index is 1130. The van der Waals surface area contributed by atoms with Gasteiger partial charge in [0.05, 0.1) is 28.7 Å². The number of carbonyl (C=O) groups excluding carboxylic acids is 1. The molecule has 1 saturated heterocycles. The van der Waals surface area contributed by atoms with Crippen LogP contribution in [0.5, 0.6) is 0 Å². The van der Waals surface area contributed by atoms with Crippen LogP contribution in [0.1, 0.15) is 29.6 Å². The highest BCUT2D eigenvalue weighted by atomic mass is 32.1. The van der Waals surface area contributed by atoms with E-state index in [1.54, 1.807) is 18.6 Å². The number of piperidine rings is 1. The zero-order chi connectivity index (χ0) is 18.9. The van der Waals surface area contributed by atoms with E-state index in [1.807, 2.05) is 45.1 Å². The van der Waals surface area contributed by atoms with E-state index in [0.29, 0.717) is 0 Å². The maximum Gasteiger partial charge on any atom is 0.256 e. The maximum atomic E-state index is 13.2. The van der Waals surface area contributed by atoms with Crippen LogP contribution in [0.4, 0.5) is 0 Å². The van der Waals surface area contributed by atoms with Crippen LogP contribution in [0, 0.1) is 0 Å². The highest BCUT2D eigenvalue weighted by Crippen LogP contribution is 2.31. The van der Waals surface area contributed by atoms with E-state index in [4.69, 9.17) is 4.98 Å². The smallest absolute Gasteiger partial charge is 0.256 e. The van der Waals surface area contributed by atoms with Crippen molar-refractivity contribution in [3.05, 3.63) is 60.0 Å². The van der Waals surface area contributed by atoms with E-state index in [2.05, 4.69) is 9.97 Å². The predicted octanol–water partition coefficient (Wildman–Crippen LogP) is 4.15. The van der Waals surface area contributed by atoms with Crippen molar-refractivity contribution < 1.29 is 4.79 Å². The third-order valence-corrected chi connectivity index (χ3v) is 5.96. The number of carbonyl (C=O) groups is 1. The van der Waals surface area contributed by atoms with E-state index in [1.165, 1.54) is 17.8 Å². The first-order valence-electron chi connectivity index (χ1n) is 9.43. The average Bonchev–Trinajstić information content (AvgIpc) is 3.40.